The average Bonchev–Trinajstić information content (AvgIpc) is 3.08. The fourth-order valence-corrected chi connectivity index (χ4v) is 2.36. The maximum absolute atomic E-state index is 12.1. The Morgan fingerprint density at radius 1 is 1.43 bits per heavy atom. The van der Waals surface area contributed by atoms with E-state index in [0.29, 0.717) is 25.2 Å². The van der Waals surface area contributed by atoms with E-state index in [0.717, 1.165) is 0 Å². The van der Waals surface area contributed by atoms with Gasteiger partial charge in [-0.1, -0.05) is 12.1 Å². The highest BCUT2D eigenvalue weighted by molar-refractivity contribution is 5.86. The molecule has 1 amide bonds. The van der Waals surface area contributed by atoms with Crippen molar-refractivity contribution in [2.24, 2.45) is 5.92 Å². The summed E-state index contributed by atoms with van der Waals surface area (Å²) in [6, 6.07) is 4.99. The van der Waals surface area contributed by atoms with Crippen LogP contribution in [0.25, 0.3) is 0 Å². The first kappa shape index (κ1) is 16.9. The topological polar surface area (TPSA) is 108 Å². The molecule has 8 nitrogen and oxygen atoms in total. The van der Waals surface area contributed by atoms with Gasteiger partial charge in [0, 0.05) is 25.2 Å². The summed E-state index contributed by atoms with van der Waals surface area (Å²) >= 11 is 0. The number of nitro groups is 1. The van der Waals surface area contributed by atoms with Gasteiger partial charge in [0.05, 0.1) is 24.6 Å². The Morgan fingerprint density at radius 3 is 2.65 bits per heavy atom. The molecule has 1 aromatic carbocycles. The van der Waals surface area contributed by atoms with E-state index in [1.807, 2.05) is 0 Å². The molecule has 1 aliphatic rings. The van der Waals surface area contributed by atoms with Crippen LogP contribution in [0.4, 0.5) is 5.69 Å². The molecule has 0 aromatic heterocycles. The Balaban J connectivity index is 2.04. The SMILES string of the molecule is COC(=O)[C@H](Cc1ccc([N+](=O)[O-])cc1)NC(=O)[C@@H]1CCOC1. The molecule has 1 heterocycles. The average molecular weight is 322 g/mol. The van der Waals surface area contributed by atoms with Crippen LogP contribution in [-0.2, 0) is 25.5 Å². The minimum Gasteiger partial charge on any atom is -0.467 e. The Hall–Kier alpha value is -2.48. The zero-order valence-corrected chi connectivity index (χ0v) is 12.7. The lowest BCUT2D eigenvalue weighted by Crippen LogP contribution is -2.45. The van der Waals surface area contributed by atoms with Crippen molar-refractivity contribution in [2.45, 2.75) is 18.9 Å². The van der Waals surface area contributed by atoms with Gasteiger partial charge in [-0.05, 0) is 12.0 Å². The number of nitrogens with one attached hydrogen (secondary N) is 1. The fraction of sp³-hybridized carbons (Fsp3) is 0.467. The van der Waals surface area contributed by atoms with Gasteiger partial charge in [-0.2, -0.15) is 0 Å². The van der Waals surface area contributed by atoms with E-state index >= 15 is 0 Å². The van der Waals surface area contributed by atoms with Crippen LogP contribution < -0.4 is 5.32 Å². The summed E-state index contributed by atoms with van der Waals surface area (Å²) in [7, 11) is 1.25. The molecular weight excluding hydrogens is 304 g/mol. The van der Waals surface area contributed by atoms with Crippen LogP contribution in [0.15, 0.2) is 24.3 Å². The van der Waals surface area contributed by atoms with Crippen molar-refractivity contribution in [3.63, 3.8) is 0 Å². The molecule has 1 N–H and O–H groups in total. The van der Waals surface area contributed by atoms with E-state index in [4.69, 9.17) is 9.47 Å². The van der Waals surface area contributed by atoms with Gasteiger partial charge in [0.25, 0.3) is 5.69 Å². The molecule has 0 aliphatic carbocycles. The highest BCUT2D eigenvalue weighted by Gasteiger charge is 2.28. The monoisotopic (exact) mass is 322 g/mol. The summed E-state index contributed by atoms with van der Waals surface area (Å²) in [5.41, 5.74) is 0.657. The van der Waals surface area contributed by atoms with E-state index in [1.165, 1.54) is 19.2 Å². The maximum atomic E-state index is 12.1. The number of esters is 1. The second kappa shape index (κ2) is 7.68. The molecule has 0 spiro atoms. The van der Waals surface area contributed by atoms with Crippen LogP contribution >= 0.6 is 0 Å². The summed E-state index contributed by atoms with van der Waals surface area (Å²) in [6.07, 6.45) is 0.821. The largest absolute Gasteiger partial charge is 0.467 e. The summed E-state index contributed by atoms with van der Waals surface area (Å²) in [6.45, 7) is 0.876. The summed E-state index contributed by atoms with van der Waals surface area (Å²) in [4.78, 5) is 34.1. The van der Waals surface area contributed by atoms with Crippen molar-refractivity contribution in [1.82, 2.24) is 5.32 Å². The van der Waals surface area contributed by atoms with Crippen LogP contribution in [0.2, 0.25) is 0 Å². The highest BCUT2D eigenvalue weighted by Crippen LogP contribution is 2.15. The number of amides is 1. The predicted molar refractivity (Wildman–Crippen MR) is 79.7 cm³/mol. The lowest BCUT2D eigenvalue weighted by molar-refractivity contribution is -0.384. The minimum absolute atomic E-state index is 0.0319. The summed E-state index contributed by atoms with van der Waals surface area (Å²) < 4.78 is 9.88. The Bertz CT molecular complexity index is 580. The molecule has 0 saturated carbocycles. The van der Waals surface area contributed by atoms with Gasteiger partial charge in [0.1, 0.15) is 6.04 Å². The van der Waals surface area contributed by atoms with E-state index in [-0.39, 0.29) is 23.9 Å². The Kier molecular flexibility index (Phi) is 5.64. The molecular formula is C15H18N2O6. The third-order valence-corrected chi connectivity index (χ3v) is 3.69. The normalized spacial score (nSPS) is 18.2. The Morgan fingerprint density at radius 2 is 2.13 bits per heavy atom. The molecule has 0 radical (unpaired) electrons. The van der Waals surface area contributed by atoms with Crippen LogP contribution in [0.3, 0.4) is 0 Å². The van der Waals surface area contributed by atoms with Crippen molar-refractivity contribution >= 4 is 17.6 Å². The van der Waals surface area contributed by atoms with Gasteiger partial charge in [0.15, 0.2) is 0 Å². The molecule has 2 atom stereocenters. The number of carbonyl (C=O) groups is 2. The minimum atomic E-state index is -0.838. The highest BCUT2D eigenvalue weighted by atomic mass is 16.6. The molecule has 23 heavy (non-hydrogen) atoms. The third kappa shape index (κ3) is 4.49. The van der Waals surface area contributed by atoms with Crippen LogP contribution in [0.5, 0.6) is 0 Å². The summed E-state index contributed by atoms with van der Waals surface area (Å²) in [5.74, 6) is -1.07. The number of non-ortho nitro benzene ring substituents is 1. The zero-order valence-electron chi connectivity index (χ0n) is 12.7. The maximum Gasteiger partial charge on any atom is 0.328 e. The Labute approximate surface area is 132 Å². The molecule has 0 bridgehead atoms. The first-order valence-electron chi connectivity index (χ1n) is 7.20. The number of nitrogens with zero attached hydrogens (tertiary/aromatic N) is 1. The smallest absolute Gasteiger partial charge is 0.328 e. The molecule has 1 aromatic rings. The van der Waals surface area contributed by atoms with Crippen molar-refractivity contribution in [2.75, 3.05) is 20.3 Å². The molecule has 1 aliphatic heterocycles. The van der Waals surface area contributed by atoms with E-state index in [1.54, 1.807) is 12.1 Å². The third-order valence-electron chi connectivity index (χ3n) is 3.69. The molecule has 124 valence electrons. The van der Waals surface area contributed by atoms with Crippen molar-refractivity contribution < 1.29 is 24.0 Å². The lowest BCUT2D eigenvalue weighted by atomic mass is 10.0. The number of hydrogen-bond acceptors (Lipinski definition) is 6. The number of ether oxygens (including phenoxy) is 2. The van der Waals surface area contributed by atoms with Crippen LogP contribution in [0.1, 0.15) is 12.0 Å². The number of nitro benzene ring substituents is 1. The van der Waals surface area contributed by atoms with E-state index < -0.39 is 16.9 Å². The number of methoxy groups -OCH3 is 1. The number of rotatable bonds is 6. The van der Waals surface area contributed by atoms with Gasteiger partial charge < -0.3 is 14.8 Å². The first-order valence-corrected chi connectivity index (χ1v) is 7.20. The predicted octanol–water partition coefficient (Wildman–Crippen LogP) is 0.832. The number of benzene rings is 1. The fourth-order valence-electron chi connectivity index (χ4n) is 2.36. The molecule has 2 rings (SSSR count). The molecule has 8 heteroatoms. The van der Waals surface area contributed by atoms with E-state index in [2.05, 4.69) is 5.32 Å². The van der Waals surface area contributed by atoms with Gasteiger partial charge in [-0.25, -0.2) is 4.79 Å². The van der Waals surface area contributed by atoms with Gasteiger partial charge in [-0.3, -0.25) is 14.9 Å². The first-order chi connectivity index (χ1) is 11.0. The second-order valence-corrected chi connectivity index (χ2v) is 5.27. The van der Waals surface area contributed by atoms with Crippen LogP contribution in [0, 0.1) is 16.0 Å². The van der Waals surface area contributed by atoms with Crippen molar-refractivity contribution in [1.29, 1.82) is 0 Å². The summed E-state index contributed by atoms with van der Waals surface area (Å²) in [5, 5.41) is 13.3. The van der Waals surface area contributed by atoms with Gasteiger partial charge in [0.2, 0.25) is 5.91 Å². The van der Waals surface area contributed by atoms with Crippen LogP contribution in [-0.4, -0.2) is 43.2 Å². The zero-order chi connectivity index (χ0) is 16.8. The number of carbonyl (C=O) groups excluding carboxylic acids is 2. The van der Waals surface area contributed by atoms with Gasteiger partial charge >= 0.3 is 5.97 Å². The second-order valence-electron chi connectivity index (χ2n) is 5.27. The van der Waals surface area contributed by atoms with Crippen molar-refractivity contribution in [3.05, 3.63) is 39.9 Å². The molecule has 1 saturated heterocycles. The van der Waals surface area contributed by atoms with Gasteiger partial charge in [-0.15, -0.1) is 0 Å². The van der Waals surface area contributed by atoms with Crippen molar-refractivity contribution in [3.8, 4) is 0 Å². The lowest BCUT2D eigenvalue weighted by Gasteiger charge is -2.18. The quantitative estimate of drug-likeness (QED) is 0.472. The molecule has 0 unspecified atom stereocenters. The van der Waals surface area contributed by atoms with E-state index in [9.17, 15) is 19.7 Å². The number of hydrogen-bond donors (Lipinski definition) is 1. The standard InChI is InChI=1S/C15H18N2O6/c1-22-15(19)13(16-14(18)11-6-7-23-9-11)8-10-2-4-12(5-3-10)17(20)21/h2-5,11,13H,6-9H2,1H3,(H,16,18)/t11-,13+/m1/s1. The molecule has 1 fully saturated rings.